The van der Waals surface area contributed by atoms with Crippen molar-refractivity contribution in [2.45, 2.75) is 0 Å². The van der Waals surface area contributed by atoms with Gasteiger partial charge in [-0.25, -0.2) is 0 Å². The molecular weight excluding hydrogens is 225 g/mol. The van der Waals surface area contributed by atoms with E-state index in [1.165, 1.54) is 0 Å². The molecule has 7 heavy (non-hydrogen) atoms. The Bertz CT molecular complexity index is 147. The van der Waals surface area contributed by atoms with Crippen molar-refractivity contribution in [1.29, 1.82) is 0 Å². The van der Waals surface area contributed by atoms with Crippen molar-refractivity contribution < 1.29 is 4.55 Å². The maximum atomic E-state index is 10.5. The van der Waals surface area contributed by atoms with Crippen LogP contribution in [0.2, 0.25) is 0 Å². The number of hydrogen-bond acceptors (Lipinski definition) is 2. The fourth-order valence-corrected chi connectivity index (χ4v) is 1.30. The largest absolute Gasteiger partial charge is 0.589 e. The fourth-order valence-electron chi connectivity index (χ4n) is 0.252. The van der Waals surface area contributed by atoms with Gasteiger partial charge in [-0.15, -0.1) is 0 Å². The molecule has 0 amide bonds. The first kappa shape index (κ1) is 5.46. The molecule has 1 atom stereocenters. The number of rotatable bonds is 0. The van der Waals surface area contributed by atoms with Gasteiger partial charge in [0.05, 0.1) is 6.20 Å². The summed E-state index contributed by atoms with van der Waals surface area (Å²) in [5.74, 6) is 0. The number of nitrogens with zero attached hydrogens (tertiary/aromatic N) is 1. The zero-order valence-electron chi connectivity index (χ0n) is 3.30. The molecule has 0 saturated carbocycles. The average Bonchev–Trinajstić information content (AvgIpc) is 1.91. The molecule has 0 saturated heterocycles. The Hall–Kier alpha value is 0.320. The minimum absolute atomic E-state index is 0.664. The van der Waals surface area contributed by atoms with Crippen molar-refractivity contribution in [3.05, 3.63) is 14.6 Å². The van der Waals surface area contributed by atoms with Gasteiger partial charge in [-0.3, -0.25) is 0 Å². The van der Waals surface area contributed by atoms with Crippen LogP contribution in [0.4, 0.5) is 0 Å². The molecule has 0 bridgehead atoms. The van der Waals surface area contributed by atoms with Crippen LogP contribution in [0.1, 0.15) is 0 Å². The van der Waals surface area contributed by atoms with Crippen LogP contribution < -0.4 is 0 Å². The highest BCUT2D eigenvalue weighted by Gasteiger charge is 1.96. The van der Waals surface area contributed by atoms with E-state index in [4.69, 9.17) is 0 Å². The van der Waals surface area contributed by atoms with E-state index in [9.17, 15) is 4.55 Å². The number of hydrogen-bond donors (Lipinski definition) is 0. The molecule has 0 fully saturated rings. The highest BCUT2D eigenvalue weighted by molar-refractivity contribution is 14.1. The minimum atomic E-state index is -0.911. The summed E-state index contributed by atoms with van der Waals surface area (Å²) >= 11 is 1.95. The second kappa shape index (κ2) is 2.06. The lowest BCUT2D eigenvalue weighted by Gasteiger charge is -1.79. The number of thiazole rings is 1. The monoisotopic (exact) mass is 227 g/mol. The van der Waals surface area contributed by atoms with Crippen LogP contribution in [0.15, 0.2) is 11.6 Å². The van der Waals surface area contributed by atoms with E-state index < -0.39 is 10.8 Å². The summed E-state index contributed by atoms with van der Waals surface area (Å²) in [6.45, 7) is 0. The molecule has 0 aliphatic carbocycles. The Kier molecular flexibility index (Phi) is 1.61. The van der Waals surface area contributed by atoms with E-state index in [2.05, 4.69) is 4.98 Å². The van der Waals surface area contributed by atoms with Crippen molar-refractivity contribution in [1.82, 2.24) is 4.98 Å². The molecule has 1 rings (SSSR count). The van der Waals surface area contributed by atoms with Gasteiger partial charge in [-0.05, 0) is 10.8 Å². The molecule has 0 radical (unpaired) electrons. The van der Waals surface area contributed by atoms with Gasteiger partial charge in [0.25, 0.3) is 0 Å². The lowest BCUT2D eigenvalue weighted by atomic mass is 11.0. The van der Waals surface area contributed by atoms with E-state index in [0.29, 0.717) is 3.01 Å². The second-order valence-corrected chi connectivity index (χ2v) is 3.97. The lowest BCUT2D eigenvalue weighted by molar-refractivity contribution is 0.596. The molecule has 0 aliphatic rings. The van der Waals surface area contributed by atoms with Crippen molar-refractivity contribution >= 4 is 33.3 Å². The van der Waals surface area contributed by atoms with Crippen LogP contribution in [-0.4, -0.2) is 9.54 Å². The molecule has 1 heterocycles. The zero-order valence-corrected chi connectivity index (χ0v) is 6.27. The molecule has 0 aliphatic heterocycles. The van der Waals surface area contributed by atoms with Crippen LogP contribution in [-0.2, 0) is 0 Å². The van der Waals surface area contributed by atoms with E-state index >= 15 is 0 Å². The summed E-state index contributed by atoms with van der Waals surface area (Å²) < 4.78 is 11.1. The molecule has 4 heteroatoms. The summed E-state index contributed by atoms with van der Waals surface area (Å²) in [5.41, 5.74) is 0. The fraction of sp³-hybridized carbons (Fsp3) is 0. The lowest BCUT2D eigenvalue weighted by Crippen LogP contribution is -1.61. The van der Waals surface area contributed by atoms with Crippen molar-refractivity contribution in [3.8, 4) is 0 Å². The molecule has 1 aromatic heterocycles. The first-order valence-electron chi connectivity index (χ1n) is 1.61. The molecule has 1 unspecified atom stereocenters. The van der Waals surface area contributed by atoms with Gasteiger partial charge in [0.15, 0.2) is 5.38 Å². The maximum absolute atomic E-state index is 10.5. The summed E-state index contributed by atoms with van der Waals surface area (Å²) in [6.07, 6.45) is 1.55. The van der Waals surface area contributed by atoms with Gasteiger partial charge in [0.2, 0.25) is 0 Å². The summed E-state index contributed by atoms with van der Waals surface area (Å²) in [6, 6.07) is 0. The van der Waals surface area contributed by atoms with Gasteiger partial charge in [0.1, 0.15) is 0 Å². The normalized spacial score (nSPS) is 12.0. The van der Waals surface area contributed by atoms with Crippen molar-refractivity contribution in [2.24, 2.45) is 0 Å². The van der Waals surface area contributed by atoms with Gasteiger partial charge >= 0.3 is 3.01 Å². The summed E-state index contributed by atoms with van der Waals surface area (Å²) in [7, 11) is -0.911. The van der Waals surface area contributed by atoms with Gasteiger partial charge < -0.3 is 4.55 Å². The van der Waals surface area contributed by atoms with Gasteiger partial charge in [0, 0.05) is 22.6 Å². The minimum Gasteiger partial charge on any atom is -0.589 e. The Labute approximate surface area is 57.5 Å². The molecule has 38 valence electrons. The Morgan fingerprint density at radius 3 is 2.71 bits per heavy atom. The first-order chi connectivity index (χ1) is 3.30. The third-order valence-electron chi connectivity index (χ3n) is 0.527. The van der Waals surface area contributed by atoms with E-state index in [1.807, 2.05) is 22.6 Å². The van der Waals surface area contributed by atoms with E-state index in [0.717, 1.165) is 0 Å². The Morgan fingerprint density at radius 2 is 2.57 bits per heavy atom. The smallest absolute Gasteiger partial charge is 0.301 e. The van der Waals surface area contributed by atoms with Gasteiger partial charge in [-0.1, -0.05) is 0 Å². The molecule has 2 nitrogen and oxygen atoms in total. The Morgan fingerprint density at radius 1 is 1.86 bits per heavy atom. The van der Waals surface area contributed by atoms with Crippen LogP contribution in [0.3, 0.4) is 0 Å². The highest BCUT2D eigenvalue weighted by atomic mass is 127. The SMILES string of the molecule is [O-][s+]1ccnc1I. The predicted octanol–water partition coefficient (Wildman–Crippen LogP) is 1.41. The van der Waals surface area contributed by atoms with Crippen molar-refractivity contribution in [2.75, 3.05) is 0 Å². The first-order valence-corrected chi connectivity index (χ1v) is 3.90. The van der Waals surface area contributed by atoms with Crippen LogP contribution >= 0.6 is 33.3 Å². The van der Waals surface area contributed by atoms with E-state index in [1.54, 1.807) is 11.6 Å². The van der Waals surface area contributed by atoms with Crippen molar-refractivity contribution in [3.63, 3.8) is 0 Å². The zero-order chi connectivity index (χ0) is 5.28. The second-order valence-electron chi connectivity index (χ2n) is 0.965. The number of halogens is 1. The van der Waals surface area contributed by atoms with Gasteiger partial charge in [-0.2, -0.15) is 4.98 Å². The third kappa shape index (κ3) is 1.11. The summed E-state index contributed by atoms with van der Waals surface area (Å²) in [4.78, 5) is 3.74. The highest BCUT2D eigenvalue weighted by Crippen LogP contribution is 2.17. The standard InChI is InChI=1S/C3H2INOS/c4-3-5-1-2-7(3)6/h1-2H. The van der Waals surface area contributed by atoms with E-state index in [-0.39, 0.29) is 0 Å². The number of aromatic nitrogens is 1. The molecule has 0 aromatic carbocycles. The molecule has 1 aromatic rings. The summed E-state index contributed by atoms with van der Waals surface area (Å²) in [5, 5.41) is 1.56. The third-order valence-corrected chi connectivity index (χ3v) is 2.91. The average molecular weight is 227 g/mol. The van der Waals surface area contributed by atoms with Crippen LogP contribution in [0.25, 0.3) is 0 Å². The maximum Gasteiger partial charge on any atom is 0.301 e. The predicted molar refractivity (Wildman–Crippen MR) is 35.6 cm³/mol. The topological polar surface area (TPSA) is 36.0 Å². The quantitative estimate of drug-likeness (QED) is 0.496. The van der Waals surface area contributed by atoms with Crippen LogP contribution in [0.5, 0.6) is 0 Å². The molecule has 0 spiro atoms. The Balaban J connectivity index is 3.12. The molecular formula is C3H2INOS. The molecule has 0 N–H and O–H groups in total. The van der Waals surface area contributed by atoms with Crippen LogP contribution in [0, 0.1) is 3.01 Å².